The molecule has 0 N–H and O–H groups in total. The van der Waals surface area contributed by atoms with E-state index in [1.807, 2.05) is 0 Å². The van der Waals surface area contributed by atoms with Gasteiger partial charge in [-0.1, -0.05) is 3.89 Å². The predicted octanol–water partition coefficient (Wildman–Crippen LogP) is 2.39. The van der Waals surface area contributed by atoms with Crippen molar-refractivity contribution in [1.82, 2.24) is 4.98 Å². The number of pyridine rings is 1. The van der Waals surface area contributed by atoms with E-state index in [2.05, 4.69) is 9.17 Å². The van der Waals surface area contributed by atoms with E-state index in [-0.39, 0.29) is 18.1 Å². The van der Waals surface area contributed by atoms with E-state index in [9.17, 15) is 16.7 Å². The minimum Gasteiger partial charge on any atom is -0.487 e. The van der Waals surface area contributed by atoms with Gasteiger partial charge in [0.15, 0.2) is 0 Å². The summed E-state index contributed by atoms with van der Waals surface area (Å²) in [4.78, 5) is 3.81. The Kier molecular flexibility index (Phi) is 4.14. The van der Waals surface area contributed by atoms with Crippen LogP contribution in [-0.2, 0) is 17.1 Å². The molecule has 8 heteroatoms. The van der Waals surface area contributed by atoms with E-state index in [0.717, 1.165) is 0 Å². The lowest BCUT2D eigenvalue weighted by molar-refractivity contribution is 0.294. The number of ether oxygens (including phenoxy) is 1. The van der Waals surface area contributed by atoms with Crippen molar-refractivity contribution in [2.45, 2.75) is 6.61 Å². The van der Waals surface area contributed by atoms with Crippen LogP contribution in [0.5, 0.6) is 11.5 Å². The number of nitrogens with zero attached hydrogens (tertiary/aromatic N) is 1. The Balaban J connectivity index is 1.99. The zero-order valence-electron chi connectivity index (χ0n) is 9.99. The second kappa shape index (κ2) is 5.83. The van der Waals surface area contributed by atoms with E-state index in [4.69, 9.17) is 4.74 Å². The fourth-order valence-corrected chi connectivity index (χ4v) is 1.72. The van der Waals surface area contributed by atoms with Crippen molar-refractivity contribution in [3.8, 4) is 11.5 Å². The summed E-state index contributed by atoms with van der Waals surface area (Å²) in [6.07, 6.45) is 1.44. The van der Waals surface area contributed by atoms with Crippen LogP contribution < -0.4 is 8.92 Å². The number of benzene rings is 1. The van der Waals surface area contributed by atoms with Gasteiger partial charge in [0, 0.05) is 6.20 Å². The Morgan fingerprint density at radius 3 is 2.35 bits per heavy atom. The van der Waals surface area contributed by atoms with Gasteiger partial charge in [-0.2, -0.15) is 8.42 Å². The monoisotopic (exact) mass is 301 g/mol. The van der Waals surface area contributed by atoms with Crippen molar-refractivity contribution >= 4 is 10.5 Å². The molecule has 0 atom stereocenters. The van der Waals surface area contributed by atoms with Crippen LogP contribution in [0.25, 0.3) is 0 Å². The van der Waals surface area contributed by atoms with E-state index in [0.29, 0.717) is 5.75 Å². The SMILES string of the molecule is O=S(=O)(F)Oc1ccc(OCc2ncccc2F)cc1. The minimum absolute atomic E-state index is 0.0890. The first-order valence-corrected chi connectivity index (χ1v) is 6.71. The van der Waals surface area contributed by atoms with Crippen LogP contribution in [0.2, 0.25) is 0 Å². The molecule has 0 spiro atoms. The average Bonchev–Trinajstić information content (AvgIpc) is 2.38. The Morgan fingerprint density at radius 1 is 1.10 bits per heavy atom. The molecule has 2 aromatic rings. The van der Waals surface area contributed by atoms with Gasteiger partial charge in [-0.3, -0.25) is 4.98 Å². The highest BCUT2D eigenvalue weighted by Crippen LogP contribution is 2.20. The van der Waals surface area contributed by atoms with Gasteiger partial charge in [0.25, 0.3) is 0 Å². The second-order valence-corrected chi connectivity index (χ2v) is 4.62. The van der Waals surface area contributed by atoms with Crippen LogP contribution in [-0.4, -0.2) is 13.4 Å². The lowest BCUT2D eigenvalue weighted by Crippen LogP contribution is -2.02. The van der Waals surface area contributed by atoms with Gasteiger partial charge in [0.2, 0.25) is 0 Å². The molecule has 0 saturated carbocycles. The van der Waals surface area contributed by atoms with Gasteiger partial charge < -0.3 is 8.92 Å². The third kappa shape index (κ3) is 4.16. The summed E-state index contributed by atoms with van der Waals surface area (Å²) in [5.41, 5.74) is 0.138. The first-order valence-electron chi connectivity index (χ1n) is 5.40. The van der Waals surface area contributed by atoms with Crippen LogP contribution >= 0.6 is 0 Å². The summed E-state index contributed by atoms with van der Waals surface area (Å²) in [6.45, 7) is -0.0890. The molecule has 0 bridgehead atoms. The molecular weight excluding hydrogens is 292 g/mol. The second-order valence-electron chi connectivity index (χ2n) is 3.67. The molecule has 0 unspecified atom stereocenters. The molecular formula is C12H9F2NO4S. The number of hydrogen-bond acceptors (Lipinski definition) is 5. The van der Waals surface area contributed by atoms with Crippen molar-refractivity contribution in [2.24, 2.45) is 0 Å². The molecule has 0 fully saturated rings. The Labute approximate surface area is 114 Å². The summed E-state index contributed by atoms with van der Waals surface area (Å²) < 4.78 is 55.3. The van der Waals surface area contributed by atoms with Gasteiger partial charge in [-0.05, 0) is 36.4 Å². The van der Waals surface area contributed by atoms with Crippen molar-refractivity contribution < 1.29 is 25.6 Å². The standard InChI is InChI=1S/C12H9F2NO4S/c13-11-2-1-7-15-12(11)8-18-9-3-5-10(6-4-9)19-20(14,16)17/h1-7H,8H2. The van der Waals surface area contributed by atoms with Crippen molar-refractivity contribution in [2.75, 3.05) is 0 Å². The van der Waals surface area contributed by atoms with E-state index in [1.54, 1.807) is 0 Å². The van der Waals surface area contributed by atoms with Gasteiger partial charge in [-0.15, -0.1) is 0 Å². The van der Waals surface area contributed by atoms with Crippen LogP contribution in [0.1, 0.15) is 5.69 Å². The zero-order valence-corrected chi connectivity index (χ0v) is 10.8. The molecule has 5 nitrogen and oxygen atoms in total. The summed E-state index contributed by atoms with van der Waals surface area (Å²) >= 11 is 0. The normalized spacial score (nSPS) is 11.1. The topological polar surface area (TPSA) is 65.5 Å². The molecule has 1 aromatic heterocycles. The van der Waals surface area contributed by atoms with Gasteiger partial charge >= 0.3 is 10.5 Å². The highest BCUT2D eigenvalue weighted by molar-refractivity contribution is 7.81. The average molecular weight is 301 g/mol. The van der Waals surface area contributed by atoms with Crippen molar-refractivity contribution in [3.05, 3.63) is 54.1 Å². The molecule has 0 radical (unpaired) electrons. The molecule has 0 amide bonds. The molecule has 20 heavy (non-hydrogen) atoms. The minimum atomic E-state index is -5.05. The highest BCUT2D eigenvalue weighted by Gasteiger charge is 2.09. The van der Waals surface area contributed by atoms with Crippen LogP contribution in [0.4, 0.5) is 8.28 Å². The third-order valence-corrected chi connectivity index (χ3v) is 2.62. The zero-order chi connectivity index (χ0) is 14.6. The largest absolute Gasteiger partial charge is 0.488 e. The molecule has 0 aliphatic carbocycles. The maximum Gasteiger partial charge on any atom is 0.488 e. The third-order valence-electron chi connectivity index (χ3n) is 2.23. The van der Waals surface area contributed by atoms with E-state index in [1.165, 1.54) is 42.6 Å². The lowest BCUT2D eigenvalue weighted by Gasteiger charge is -2.07. The smallest absolute Gasteiger partial charge is 0.487 e. The number of aromatic nitrogens is 1. The lowest BCUT2D eigenvalue weighted by atomic mass is 10.3. The van der Waals surface area contributed by atoms with Gasteiger partial charge in [0.05, 0.1) is 0 Å². The molecule has 2 rings (SSSR count). The quantitative estimate of drug-likeness (QED) is 0.793. The highest BCUT2D eigenvalue weighted by atomic mass is 32.3. The van der Waals surface area contributed by atoms with Crippen molar-refractivity contribution in [3.63, 3.8) is 0 Å². The van der Waals surface area contributed by atoms with Crippen LogP contribution in [0, 0.1) is 5.82 Å². The van der Waals surface area contributed by atoms with E-state index >= 15 is 0 Å². The molecule has 1 aromatic carbocycles. The molecule has 106 valence electrons. The molecule has 1 heterocycles. The Bertz CT molecular complexity index is 689. The van der Waals surface area contributed by atoms with E-state index < -0.39 is 16.3 Å². The Hall–Kier alpha value is -2.22. The Morgan fingerprint density at radius 2 is 1.75 bits per heavy atom. The number of halogens is 2. The summed E-state index contributed by atoms with van der Waals surface area (Å²) in [6, 6.07) is 7.86. The molecule has 0 saturated heterocycles. The fourth-order valence-electron chi connectivity index (χ4n) is 1.38. The predicted molar refractivity (Wildman–Crippen MR) is 65.6 cm³/mol. The van der Waals surface area contributed by atoms with Crippen LogP contribution in [0.3, 0.4) is 0 Å². The molecule has 0 aliphatic rings. The van der Waals surface area contributed by atoms with Crippen LogP contribution in [0.15, 0.2) is 42.6 Å². The van der Waals surface area contributed by atoms with Gasteiger partial charge in [-0.25, -0.2) is 4.39 Å². The van der Waals surface area contributed by atoms with Crippen molar-refractivity contribution in [1.29, 1.82) is 0 Å². The molecule has 0 aliphatic heterocycles. The van der Waals surface area contributed by atoms with Gasteiger partial charge in [0.1, 0.15) is 29.6 Å². The fraction of sp³-hybridized carbons (Fsp3) is 0.0833. The maximum atomic E-state index is 13.3. The summed E-state index contributed by atoms with van der Waals surface area (Å²) in [7, 11) is -5.05. The summed E-state index contributed by atoms with van der Waals surface area (Å²) in [5.74, 6) is -0.349. The first kappa shape index (κ1) is 14.2. The first-order chi connectivity index (χ1) is 9.44. The number of rotatable bonds is 5. The maximum absolute atomic E-state index is 13.3. The summed E-state index contributed by atoms with van der Waals surface area (Å²) in [5, 5.41) is 0. The number of hydrogen-bond donors (Lipinski definition) is 0.